The summed E-state index contributed by atoms with van der Waals surface area (Å²) in [6.45, 7) is 6.53. The summed E-state index contributed by atoms with van der Waals surface area (Å²) in [5.41, 5.74) is 0.256. The summed E-state index contributed by atoms with van der Waals surface area (Å²) in [6, 6.07) is 0. The molecule has 2 aliphatic rings. The molecule has 3 rings (SSSR count). The molecule has 2 saturated heterocycles. The Balaban J connectivity index is 1.65. The quantitative estimate of drug-likeness (QED) is 0.845. The third-order valence-corrected chi connectivity index (χ3v) is 4.46. The van der Waals surface area contributed by atoms with Gasteiger partial charge in [0, 0.05) is 18.5 Å². The average molecular weight is 278 g/mol. The molecule has 0 aliphatic carbocycles. The molecule has 6 heteroatoms. The zero-order valence-electron chi connectivity index (χ0n) is 12.2. The van der Waals surface area contributed by atoms with Crippen LogP contribution in [0.4, 0.5) is 4.79 Å². The molecule has 0 saturated carbocycles. The van der Waals surface area contributed by atoms with Gasteiger partial charge >= 0.3 is 6.09 Å². The van der Waals surface area contributed by atoms with Gasteiger partial charge in [-0.2, -0.15) is 0 Å². The van der Waals surface area contributed by atoms with Gasteiger partial charge in [0.05, 0.1) is 0 Å². The fraction of sp³-hybridized carbons (Fsp3) is 0.786. The van der Waals surface area contributed by atoms with E-state index in [4.69, 9.17) is 4.74 Å². The minimum absolute atomic E-state index is 0.0102. The van der Waals surface area contributed by atoms with E-state index in [1.807, 2.05) is 0 Å². The van der Waals surface area contributed by atoms with Crippen molar-refractivity contribution < 1.29 is 9.53 Å². The lowest BCUT2D eigenvalue weighted by Crippen LogP contribution is -2.39. The predicted molar refractivity (Wildman–Crippen MR) is 73.3 cm³/mol. The summed E-state index contributed by atoms with van der Waals surface area (Å²) < 4.78 is 6.89. The first-order valence-electron chi connectivity index (χ1n) is 7.40. The lowest BCUT2D eigenvalue weighted by Gasteiger charge is -2.33. The number of hydrogen-bond donors (Lipinski definition) is 0. The Bertz CT molecular complexity index is 474. The van der Waals surface area contributed by atoms with Crippen LogP contribution in [0.3, 0.4) is 0 Å². The van der Waals surface area contributed by atoms with Crippen molar-refractivity contribution >= 4 is 6.09 Å². The highest BCUT2D eigenvalue weighted by Crippen LogP contribution is 2.44. The van der Waals surface area contributed by atoms with Crippen molar-refractivity contribution in [3.63, 3.8) is 0 Å². The van der Waals surface area contributed by atoms with Gasteiger partial charge < -0.3 is 4.74 Å². The summed E-state index contributed by atoms with van der Waals surface area (Å²) in [7, 11) is 0. The highest BCUT2D eigenvalue weighted by Gasteiger charge is 2.49. The smallest absolute Gasteiger partial charge is 0.420 e. The zero-order chi connectivity index (χ0) is 14.2. The van der Waals surface area contributed by atoms with Crippen molar-refractivity contribution in [2.75, 3.05) is 13.1 Å². The van der Waals surface area contributed by atoms with E-state index in [9.17, 15) is 4.79 Å². The van der Waals surface area contributed by atoms with Crippen LogP contribution in [-0.2, 0) is 4.74 Å². The van der Waals surface area contributed by atoms with Crippen molar-refractivity contribution in [3.8, 4) is 0 Å². The summed E-state index contributed by atoms with van der Waals surface area (Å²) in [6.07, 6.45) is 7.01. The molecule has 1 aromatic heterocycles. The molecule has 110 valence electrons. The Morgan fingerprint density at radius 2 is 2.20 bits per heavy atom. The maximum absolute atomic E-state index is 12.0. The van der Waals surface area contributed by atoms with Crippen LogP contribution >= 0.6 is 0 Å². The van der Waals surface area contributed by atoms with Crippen molar-refractivity contribution in [2.24, 2.45) is 5.92 Å². The summed E-state index contributed by atoms with van der Waals surface area (Å²) in [5.74, 6) is 0.669. The molecule has 0 amide bonds. The van der Waals surface area contributed by atoms with E-state index in [-0.39, 0.29) is 17.7 Å². The topological polar surface area (TPSA) is 60.2 Å². The van der Waals surface area contributed by atoms with Gasteiger partial charge in [0.15, 0.2) is 0 Å². The van der Waals surface area contributed by atoms with E-state index in [0.29, 0.717) is 5.92 Å². The highest BCUT2D eigenvalue weighted by atomic mass is 16.6. The summed E-state index contributed by atoms with van der Waals surface area (Å²) in [5, 5.41) is 7.26. The summed E-state index contributed by atoms with van der Waals surface area (Å²) >= 11 is 0. The van der Waals surface area contributed by atoms with E-state index in [1.54, 1.807) is 0 Å². The second-order valence-electron chi connectivity index (χ2n) is 6.45. The number of ether oxygens (including phenoxy) is 1. The zero-order valence-corrected chi connectivity index (χ0v) is 12.2. The minimum atomic E-state index is -0.374. The van der Waals surface area contributed by atoms with Crippen LogP contribution < -0.4 is 0 Å². The van der Waals surface area contributed by atoms with E-state index in [0.717, 1.165) is 19.5 Å². The second-order valence-corrected chi connectivity index (χ2v) is 6.45. The number of fused-ring (bicyclic) bond motifs is 1. The third-order valence-electron chi connectivity index (χ3n) is 4.46. The van der Waals surface area contributed by atoms with Gasteiger partial charge in [-0.05, 0) is 31.7 Å². The molecular weight excluding hydrogens is 256 g/mol. The Labute approximate surface area is 119 Å². The number of nitrogens with zero attached hydrogens (tertiary/aromatic N) is 4. The third kappa shape index (κ3) is 2.44. The van der Waals surface area contributed by atoms with Gasteiger partial charge in [-0.1, -0.05) is 13.8 Å². The minimum Gasteiger partial charge on any atom is -0.444 e. The fourth-order valence-electron chi connectivity index (χ4n) is 3.90. The average Bonchev–Trinajstić information content (AvgIpc) is 3.02. The van der Waals surface area contributed by atoms with Crippen LogP contribution in [0.2, 0.25) is 0 Å². The largest absolute Gasteiger partial charge is 0.444 e. The molecule has 6 nitrogen and oxygen atoms in total. The van der Waals surface area contributed by atoms with Gasteiger partial charge in [0.2, 0.25) is 0 Å². The molecule has 3 heterocycles. The first-order valence-corrected chi connectivity index (χ1v) is 7.40. The van der Waals surface area contributed by atoms with Crippen LogP contribution in [0.25, 0.3) is 0 Å². The van der Waals surface area contributed by atoms with Crippen LogP contribution in [0.5, 0.6) is 0 Å². The number of hydrogen-bond acceptors (Lipinski definition) is 5. The second kappa shape index (κ2) is 5.16. The van der Waals surface area contributed by atoms with Gasteiger partial charge in [-0.25, -0.2) is 9.36 Å². The Morgan fingerprint density at radius 1 is 1.45 bits per heavy atom. The maximum atomic E-state index is 12.0. The molecule has 1 aromatic rings. The lowest BCUT2D eigenvalue weighted by molar-refractivity contribution is 0.101. The van der Waals surface area contributed by atoms with Crippen molar-refractivity contribution in [2.45, 2.75) is 51.2 Å². The molecule has 0 unspecified atom stereocenters. The first kappa shape index (κ1) is 13.5. The van der Waals surface area contributed by atoms with Crippen LogP contribution in [0.15, 0.2) is 12.7 Å². The normalized spacial score (nSPS) is 29.9. The standard InChI is InChI=1S/C14H22N4O2/c1-11(2)6-14-4-3-5-18(14)8-12(7-14)20-13(19)17-9-15-16-10-17/h9-12H,3-8H2,1-2H3/t12-,14+/m0/s1. The van der Waals surface area contributed by atoms with Gasteiger partial charge in [0.1, 0.15) is 18.8 Å². The van der Waals surface area contributed by atoms with E-state index >= 15 is 0 Å². The summed E-state index contributed by atoms with van der Waals surface area (Å²) in [4.78, 5) is 14.5. The maximum Gasteiger partial charge on any atom is 0.420 e. The molecule has 0 radical (unpaired) electrons. The monoisotopic (exact) mass is 278 g/mol. The Hall–Kier alpha value is -1.43. The molecule has 0 aromatic carbocycles. The van der Waals surface area contributed by atoms with Crippen molar-refractivity contribution in [3.05, 3.63) is 12.7 Å². The van der Waals surface area contributed by atoms with Crippen molar-refractivity contribution in [1.82, 2.24) is 19.7 Å². The van der Waals surface area contributed by atoms with Crippen LogP contribution in [0, 0.1) is 5.92 Å². The van der Waals surface area contributed by atoms with Crippen LogP contribution in [0.1, 0.15) is 39.5 Å². The molecule has 2 aliphatic heterocycles. The fourth-order valence-corrected chi connectivity index (χ4v) is 3.90. The van der Waals surface area contributed by atoms with Crippen molar-refractivity contribution in [1.29, 1.82) is 0 Å². The predicted octanol–water partition coefficient (Wildman–Crippen LogP) is 1.92. The number of carbonyl (C=O) groups excluding carboxylic acids is 1. The van der Waals surface area contributed by atoms with Crippen LogP contribution in [-0.4, -0.2) is 50.5 Å². The highest BCUT2D eigenvalue weighted by molar-refractivity contribution is 5.70. The molecule has 0 bridgehead atoms. The SMILES string of the molecule is CC(C)C[C@@]12CCCN1C[C@@H](OC(=O)n1cnnc1)C2. The molecule has 20 heavy (non-hydrogen) atoms. The number of rotatable bonds is 3. The first-order chi connectivity index (χ1) is 9.59. The number of aromatic nitrogens is 3. The van der Waals surface area contributed by atoms with E-state index in [1.165, 1.54) is 36.5 Å². The van der Waals surface area contributed by atoms with E-state index in [2.05, 4.69) is 28.9 Å². The van der Waals surface area contributed by atoms with Gasteiger partial charge in [-0.3, -0.25) is 4.90 Å². The Kier molecular flexibility index (Phi) is 3.50. The van der Waals surface area contributed by atoms with Gasteiger partial charge in [0.25, 0.3) is 0 Å². The van der Waals surface area contributed by atoms with Gasteiger partial charge in [-0.15, -0.1) is 10.2 Å². The van der Waals surface area contributed by atoms with E-state index < -0.39 is 0 Å². The molecule has 2 fully saturated rings. The number of carbonyl (C=O) groups is 1. The molecule has 0 spiro atoms. The lowest BCUT2D eigenvalue weighted by atomic mass is 9.85. The molecule has 2 atom stereocenters. The molecule has 0 N–H and O–H groups in total. The molecular formula is C14H22N4O2. The Morgan fingerprint density at radius 3 is 2.90 bits per heavy atom.